The lowest BCUT2D eigenvalue weighted by atomic mass is 9.83. The number of phenolic OH excluding ortho intramolecular Hbond substituents is 1. The summed E-state index contributed by atoms with van der Waals surface area (Å²) in [5.41, 5.74) is 21.2. The van der Waals surface area contributed by atoms with Crippen molar-refractivity contribution in [1.29, 1.82) is 0 Å². The zero-order valence-electron chi connectivity index (χ0n) is 77.6. The van der Waals surface area contributed by atoms with Crippen LogP contribution >= 0.6 is 11.8 Å². The van der Waals surface area contributed by atoms with Gasteiger partial charge in [0.25, 0.3) is 0 Å². The molecule has 3 fully saturated rings. The highest BCUT2D eigenvalue weighted by Crippen LogP contribution is 2.31. The molecular formula is C100H126F3N15O17S. The molecule has 0 bridgehead atoms. The third kappa shape index (κ3) is 28.7. The summed E-state index contributed by atoms with van der Waals surface area (Å²) in [5, 5.41) is 39.0. The molecular weight excluding hydrogens is 1770 g/mol. The van der Waals surface area contributed by atoms with Crippen molar-refractivity contribution in [3.05, 3.63) is 208 Å². The van der Waals surface area contributed by atoms with E-state index in [9.17, 15) is 38.6 Å². The number of para-hydroxylation sites is 1. The third-order valence-corrected chi connectivity index (χ3v) is 26.7. The van der Waals surface area contributed by atoms with Crippen molar-refractivity contribution in [3.8, 4) is 5.75 Å². The lowest BCUT2D eigenvalue weighted by molar-refractivity contribution is -0.152. The highest BCUT2D eigenvalue weighted by Gasteiger charge is 2.46. The maximum absolute atomic E-state index is 15.9. The molecule has 0 spiro atoms. The van der Waals surface area contributed by atoms with Crippen molar-refractivity contribution in [3.63, 3.8) is 0 Å². The second kappa shape index (κ2) is 50.8. The topological polar surface area (TPSA) is 479 Å². The Kier molecular flexibility index (Phi) is 39.3. The third-order valence-electron chi connectivity index (χ3n) is 25.7. The quantitative estimate of drug-likeness (QED) is 0.0233. The first-order chi connectivity index (χ1) is 65.1. The first kappa shape index (κ1) is 105. The molecule has 6 aromatic carbocycles. The van der Waals surface area contributed by atoms with Crippen LogP contribution in [-0.2, 0) is 117 Å². The second-order valence-corrected chi connectivity index (χ2v) is 36.8. The minimum absolute atomic E-state index is 0.0191. The molecule has 0 saturated carbocycles. The van der Waals surface area contributed by atoms with Gasteiger partial charge in [0.15, 0.2) is 29.0 Å². The molecule has 730 valence electrons. The van der Waals surface area contributed by atoms with Gasteiger partial charge in [-0.15, -0.1) is 11.8 Å². The minimum atomic E-state index is -1.84. The highest BCUT2D eigenvalue weighted by atomic mass is 32.2. The number of rotatable bonds is 26. The van der Waals surface area contributed by atoms with Crippen LogP contribution in [0.3, 0.4) is 0 Å². The van der Waals surface area contributed by atoms with Crippen LogP contribution in [0.2, 0.25) is 0 Å². The molecule has 4 heterocycles. The van der Waals surface area contributed by atoms with Crippen molar-refractivity contribution in [1.82, 2.24) is 61.4 Å². The lowest BCUT2D eigenvalue weighted by Gasteiger charge is -2.38. The number of H-pyrrole nitrogens is 1. The maximum atomic E-state index is 15.9. The number of halogens is 3. The number of hydrogen-bond donors (Lipinski definition) is 12. The Morgan fingerprint density at radius 3 is 1.63 bits per heavy atom. The molecule has 3 aliphatic heterocycles. The van der Waals surface area contributed by atoms with Crippen LogP contribution in [0.1, 0.15) is 150 Å². The van der Waals surface area contributed by atoms with Gasteiger partial charge in [0.1, 0.15) is 65.9 Å². The van der Waals surface area contributed by atoms with Crippen LogP contribution in [-0.4, -0.2) is 253 Å². The first-order valence-electron chi connectivity index (χ1n) is 46.4. The van der Waals surface area contributed by atoms with Gasteiger partial charge in [-0.3, -0.25) is 71.9 Å². The van der Waals surface area contributed by atoms with Gasteiger partial charge in [0, 0.05) is 140 Å². The number of primary amides is 1. The molecule has 0 aliphatic carbocycles. The van der Waals surface area contributed by atoms with Crippen LogP contribution in [0.15, 0.2) is 152 Å². The Labute approximate surface area is 793 Å². The molecule has 36 heteroatoms. The van der Waals surface area contributed by atoms with Gasteiger partial charge in [-0.05, 0) is 133 Å². The normalized spacial score (nSPS) is 23.5. The fraction of sp³-hybridized carbons (Fsp3) is 0.470. The molecule has 0 unspecified atom stereocenters. The van der Waals surface area contributed by atoms with E-state index < -0.39 is 240 Å². The van der Waals surface area contributed by atoms with Gasteiger partial charge >= 0.3 is 0 Å². The molecule has 12 amide bonds. The van der Waals surface area contributed by atoms with Gasteiger partial charge < -0.3 is 88.8 Å². The van der Waals surface area contributed by atoms with Crippen LogP contribution in [0.4, 0.5) is 13.2 Å². The predicted molar refractivity (Wildman–Crippen MR) is 504 cm³/mol. The van der Waals surface area contributed by atoms with Gasteiger partial charge in [-0.2, -0.15) is 0 Å². The fourth-order valence-electron chi connectivity index (χ4n) is 17.7. The number of amides is 12. The summed E-state index contributed by atoms with van der Waals surface area (Å²) in [4.78, 5) is 236. The van der Waals surface area contributed by atoms with Crippen molar-refractivity contribution < 1.29 is 95.3 Å². The smallest absolute Gasteiger partial charge is 0.246 e. The van der Waals surface area contributed by atoms with Crippen LogP contribution in [0.5, 0.6) is 5.75 Å². The summed E-state index contributed by atoms with van der Waals surface area (Å²) < 4.78 is 45.2. The number of aromatic amines is 1. The number of aliphatic hydroxyl groups excluding tert-OH is 1. The number of phenols is 1. The Hall–Kier alpha value is -12.7. The number of nitrogens with zero attached hydrogens (tertiary/aromatic N) is 5. The predicted octanol–water partition coefficient (Wildman–Crippen LogP) is 5.58. The molecule has 10 rings (SSSR count). The van der Waals surface area contributed by atoms with E-state index in [1.807, 2.05) is 6.92 Å². The van der Waals surface area contributed by atoms with Crippen LogP contribution in [0.25, 0.3) is 10.9 Å². The SMILES string of the molecule is CCCC[C@H]1C(=O)N2CCC[C@@H]2C(=O)C[C@@H](CO)C(=O)C[C@@H](C(C)C)C(=O)N(C)[C@@H](Cc2ccccc2)C(=O)N[C@@H](Cc2ccc(CN)cc2)C(=O)N2CCC[C@@H]2C(=O)N[C@@H](Cc2c[nH]c3ccccc23)C(=O)N[C@@H](Cc2ccc(O)cc2)C(=O)N[C@@H](CCCCN)C(=O)N[C@H](C(=O)CCC(N)=O)CSCC(=O)N[C@@H](Cc2cc(F)c(F)c(F)c2)C(=O)N(C)[C@@H](Cc2ccccc2)C(=O)N1C. The van der Waals surface area contributed by atoms with E-state index in [1.54, 1.807) is 129 Å². The van der Waals surface area contributed by atoms with E-state index in [-0.39, 0.29) is 108 Å². The number of carbonyl (C=O) groups is 15. The van der Waals surface area contributed by atoms with Gasteiger partial charge in [-0.25, -0.2) is 13.2 Å². The molecule has 7 aromatic rings. The van der Waals surface area contributed by atoms with Gasteiger partial charge in [-0.1, -0.05) is 149 Å². The zero-order valence-corrected chi connectivity index (χ0v) is 78.5. The summed E-state index contributed by atoms with van der Waals surface area (Å²) in [5.74, 6) is -21.9. The Morgan fingerprint density at radius 1 is 0.500 bits per heavy atom. The maximum Gasteiger partial charge on any atom is 0.246 e. The van der Waals surface area contributed by atoms with Crippen LogP contribution in [0, 0.1) is 35.2 Å². The Balaban J connectivity index is 1.05. The van der Waals surface area contributed by atoms with E-state index in [0.29, 0.717) is 76.5 Å². The minimum Gasteiger partial charge on any atom is -0.508 e. The average molecular weight is 1900 g/mol. The number of carbonyl (C=O) groups excluding carboxylic acids is 15. The number of aromatic hydroxyl groups is 1. The number of ketones is 3. The van der Waals surface area contributed by atoms with E-state index >= 15 is 56.7 Å². The first-order valence-corrected chi connectivity index (χ1v) is 47.6. The second-order valence-electron chi connectivity index (χ2n) is 35.8. The van der Waals surface area contributed by atoms with Crippen molar-refractivity contribution in [2.75, 3.05) is 58.9 Å². The molecule has 32 nitrogen and oxygen atoms in total. The number of aliphatic hydroxyl groups is 1. The Bertz CT molecular complexity index is 5350. The van der Waals surface area contributed by atoms with E-state index in [2.05, 4.69) is 36.9 Å². The Morgan fingerprint density at radius 2 is 1.02 bits per heavy atom. The summed E-state index contributed by atoms with van der Waals surface area (Å²) in [6.07, 6.45) is -0.410. The number of nitrogens with one attached hydrogen (secondary N) is 7. The summed E-state index contributed by atoms with van der Waals surface area (Å²) in [7, 11) is 3.99. The van der Waals surface area contributed by atoms with Crippen LogP contribution < -0.4 is 49.1 Å². The van der Waals surface area contributed by atoms with Gasteiger partial charge in [0.2, 0.25) is 70.9 Å². The largest absolute Gasteiger partial charge is 0.508 e. The zero-order chi connectivity index (χ0) is 98.6. The number of thioether (sulfide) groups is 1. The lowest BCUT2D eigenvalue weighted by Crippen LogP contribution is -2.60. The van der Waals surface area contributed by atoms with Crippen molar-refractivity contribution in [2.24, 2.45) is 35.0 Å². The number of aromatic nitrogens is 1. The monoisotopic (exact) mass is 1900 g/mol. The molecule has 0 radical (unpaired) electrons. The number of likely N-dealkylation sites (N-methyl/N-ethyl adjacent to an activating group) is 3. The molecule has 15 N–H and O–H groups in total. The van der Waals surface area contributed by atoms with E-state index in [4.69, 9.17) is 17.2 Å². The standard InChI is InChI=1S/C100H126F3N15O17S/c1-7-8-28-82-100(135)117-42-19-29-80(117)87(123)52-67(56-119)86(122)53-70(59(2)3)96(131)115(5)83(49-60-21-11-9-12-22-60)95(130)112-78(47-62-31-33-64(54-105)34-32-62)98(133)118-43-20-30-81(118)94(129)111-76(51-66-55-107-73-26-16-15-25-69(66)73)93(128)110-75(46-63-35-37-68(120)38-36-63)92(127)109-74(27-17-18-41-104)91(126)113-79(85(121)39-40-88(106)124)57-136-58-89(125)108-77(48-65-44-71(101)90(103)72(102)45-65)97(132)116(6)84(99(134)114(82)4)50-61-23-13-10-14-24-61/h9-16,21-26,31-38,44-45,55,59,67,70,74-84,107,119-120H,7-8,17-20,27-30,39-43,46-54,56-58,104-105H2,1-6H3,(H2,106,124)(H,108,125)(H,109,127)(H,110,128)(H,111,129)(H,112,130)(H,113,126)/t67-,70-,74-,75-,76-,77-,78-,79-,80+,81+,82-,83-,84-/m0/s1. The van der Waals surface area contributed by atoms with Crippen molar-refractivity contribution in [2.45, 2.75) is 222 Å². The van der Waals surface area contributed by atoms with Crippen molar-refractivity contribution >= 4 is 111 Å². The highest BCUT2D eigenvalue weighted by molar-refractivity contribution is 8.00. The van der Waals surface area contributed by atoms with E-state index in [0.717, 1.165) is 22.2 Å². The molecule has 1 aromatic heterocycles. The average Bonchev–Trinajstić information content (AvgIpc) is 1.13. The molecule has 3 aliphatic rings. The number of fused-ring (bicyclic) bond motifs is 3. The molecule has 136 heavy (non-hydrogen) atoms. The van der Waals surface area contributed by atoms with Gasteiger partial charge in [0.05, 0.1) is 24.4 Å². The number of hydrogen-bond acceptors (Lipinski definition) is 20. The number of nitrogens with two attached hydrogens (primary N) is 3. The summed E-state index contributed by atoms with van der Waals surface area (Å²) in [6.45, 7) is 4.67. The summed E-state index contributed by atoms with van der Waals surface area (Å²) in [6, 6.07) is 21.7. The molecule has 13 atom stereocenters. The summed E-state index contributed by atoms with van der Waals surface area (Å²) >= 11 is 0.731. The number of benzene rings is 6. The number of Topliss-reactive ketones (excluding diaryl/α,β-unsaturated/α-hetero) is 3. The van der Waals surface area contributed by atoms with E-state index in [1.165, 1.54) is 65.0 Å². The number of unbranched alkanes of at least 4 members (excludes halogenated alkanes) is 2. The fourth-order valence-corrected chi connectivity index (χ4v) is 18.6. The molecule has 3 saturated heterocycles.